The van der Waals surface area contributed by atoms with E-state index in [2.05, 4.69) is 20.6 Å². The Morgan fingerprint density at radius 3 is 2.46 bits per heavy atom. The molecule has 5 rings (SSSR count). The number of aliphatic hydroxyl groups is 3. The molecule has 0 radical (unpaired) electrons. The van der Waals surface area contributed by atoms with E-state index in [-0.39, 0.29) is 6.61 Å². The number of aromatic nitrogens is 3. The minimum atomic E-state index is -1.05. The molecule has 0 unspecified atom stereocenters. The van der Waals surface area contributed by atoms with Gasteiger partial charge in [0.05, 0.1) is 29.1 Å². The van der Waals surface area contributed by atoms with Crippen molar-refractivity contribution in [2.24, 2.45) is 5.92 Å². The van der Waals surface area contributed by atoms with Crippen LogP contribution in [0.3, 0.4) is 0 Å². The van der Waals surface area contributed by atoms with E-state index < -0.39 is 24.2 Å². The van der Waals surface area contributed by atoms with E-state index in [1.54, 1.807) is 0 Å². The molecular formula is C26H29N5O4. The van der Waals surface area contributed by atoms with Crippen molar-refractivity contribution in [3.05, 3.63) is 59.5 Å². The minimum Gasteiger partial charge on any atom is -0.454 e. The summed E-state index contributed by atoms with van der Waals surface area (Å²) in [6, 6.07) is 13.0. The second-order valence-corrected chi connectivity index (χ2v) is 9.14. The molecule has 182 valence electrons. The Hall–Kier alpha value is -3.53. The van der Waals surface area contributed by atoms with Gasteiger partial charge in [-0.3, -0.25) is 4.98 Å². The first-order valence-electron chi connectivity index (χ1n) is 11.7. The normalized spacial score (nSPS) is 22.0. The smallest absolute Gasteiger partial charge is 0.229 e. The van der Waals surface area contributed by atoms with Crippen LogP contribution in [-0.2, 0) is 0 Å². The fraction of sp³-hybridized carbons (Fsp3) is 0.346. The third-order valence-electron chi connectivity index (χ3n) is 6.52. The van der Waals surface area contributed by atoms with Crippen molar-refractivity contribution in [2.45, 2.75) is 45.4 Å². The number of rotatable bonds is 6. The lowest BCUT2D eigenvalue weighted by Gasteiger charge is -2.21. The standard InChI is InChI=1S/C26H29N5O4/c1-13-9-16-11-20(35-24(16)15(3)27-13)21-14(2)28-26(29-18-7-5-4-6-8-18)31-25(21)30-19-10-17(12-32)22(33)23(19)34/h4-9,11,17,19,22-23,32-34H,10,12H2,1-3H3,(H2,28,29,30,31)/t17-,19-,22-,23+/m1/s1. The molecule has 1 aliphatic carbocycles. The zero-order chi connectivity index (χ0) is 24.7. The summed E-state index contributed by atoms with van der Waals surface area (Å²) in [6.07, 6.45) is -1.68. The maximum atomic E-state index is 10.6. The topological polar surface area (TPSA) is 137 Å². The molecule has 0 saturated heterocycles. The Balaban J connectivity index is 1.59. The number of fused-ring (bicyclic) bond motifs is 1. The SMILES string of the molecule is Cc1cc2cc(-c3c(C)nc(Nc4ccccc4)nc3N[C@@H]3C[C@H](CO)[C@@H](O)[C@H]3O)oc2c(C)n1. The summed E-state index contributed by atoms with van der Waals surface area (Å²) in [7, 11) is 0. The molecule has 3 heterocycles. The summed E-state index contributed by atoms with van der Waals surface area (Å²) in [5.74, 6) is 1.01. The number of aliphatic hydroxyl groups excluding tert-OH is 3. The largest absolute Gasteiger partial charge is 0.454 e. The first kappa shape index (κ1) is 23.2. The average Bonchev–Trinajstić information content (AvgIpc) is 3.36. The van der Waals surface area contributed by atoms with Crippen molar-refractivity contribution in [2.75, 3.05) is 17.2 Å². The Kier molecular flexibility index (Phi) is 6.14. The average molecular weight is 476 g/mol. The van der Waals surface area contributed by atoms with Gasteiger partial charge in [0.2, 0.25) is 5.95 Å². The van der Waals surface area contributed by atoms with Crippen molar-refractivity contribution in [1.29, 1.82) is 0 Å². The molecule has 1 aliphatic rings. The number of aryl methyl sites for hydroxylation is 3. The van der Waals surface area contributed by atoms with Gasteiger partial charge in [-0.05, 0) is 51.5 Å². The van der Waals surface area contributed by atoms with E-state index in [1.165, 1.54) is 0 Å². The molecule has 0 spiro atoms. The quantitative estimate of drug-likeness (QED) is 0.284. The van der Waals surface area contributed by atoms with Gasteiger partial charge in [0, 0.05) is 29.3 Å². The van der Waals surface area contributed by atoms with Gasteiger partial charge >= 0.3 is 0 Å². The second-order valence-electron chi connectivity index (χ2n) is 9.14. The van der Waals surface area contributed by atoms with Crippen LogP contribution in [0.15, 0.2) is 46.9 Å². The summed E-state index contributed by atoms with van der Waals surface area (Å²) in [5, 5.41) is 38.0. The molecular weight excluding hydrogens is 446 g/mol. The molecule has 35 heavy (non-hydrogen) atoms. The fourth-order valence-electron chi connectivity index (χ4n) is 4.79. The number of nitrogens with one attached hydrogen (secondary N) is 2. The van der Waals surface area contributed by atoms with E-state index in [1.807, 2.05) is 63.2 Å². The van der Waals surface area contributed by atoms with Gasteiger partial charge in [-0.1, -0.05) is 18.2 Å². The molecule has 9 heteroatoms. The molecule has 4 atom stereocenters. The van der Waals surface area contributed by atoms with Gasteiger partial charge in [-0.2, -0.15) is 4.98 Å². The Morgan fingerprint density at radius 2 is 1.74 bits per heavy atom. The summed E-state index contributed by atoms with van der Waals surface area (Å²) < 4.78 is 6.22. The molecule has 1 aromatic carbocycles. The van der Waals surface area contributed by atoms with Gasteiger partial charge in [0.1, 0.15) is 17.7 Å². The van der Waals surface area contributed by atoms with E-state index in [0.29, 0.717) is 40.8 Å². The van der Waals surface area contributed by atoms with E-state index in [0.717, 1.165) is 22.5 Å². The summed E-state index contributed by atoms with van der Waals surface area (Å²) in [6.45, 7) is 5.51. The van der Waals surface area contributed by atoms with Gasteiger partial charge in [0.15, 0.2) is 5.58 Å². The monoisotopic (exact) mass is 475 g/mol. The number of para-hydroxylation sites is 1. The Morgan fingerprint density at radius 1 is 0.971 bits per heavy atom. The zero-order valence-corrected chi connectivity index (χ0v) is 19.9. The molecule has 1 fully saturated rings. The summed E-state index contributed by atoms with van der Waals surface area (Å²) in [5.41, 5.74) is 4.55. The third-order valence-corrected chi connectivity index (χ3v) is 6.52. The van der Waals surface area contributed by atoms with Gasteiger partial charge in [0.25, 0.3) is 0 Å². The highest BCUT2D eigenvalue weighted by Crippen LogP contribution is 2.38. The maximum Gasteiger partial charge on any atom is 0.229 e. The van der Waals surface area contributed by atoms with Crippen molar-refractivity contribution < 1.29 is 19.7 Å². The molecule has 0 aliphatic heterocycles. The number of furan rings is 1. The van der Waals surface area contributed by atoms with E-state index in [4.69, 9.17) is 9.40 Å². The van der Waals surface area contributed by atoms with Crippen LogP contribution in [0.25, 0.3) is 22.3 Å². The lowest BCUT2D eigenvalue weighted by atomic mass is 10.1. The number of hydrogen-bond donors (Lipinski definition) is 5. The molecule has 9 nitrogen and oxygen atoms in total. The lowest BCUT2D eigenvalue weighted by Crippen LogP contribution is -2.35. The minimum absolute atomic E-state index is 0.206. The highest BCUT2D eigenvalue weighted by molar-refractivity contribution is 5.87. The molecule has 1 saturated carbocycles. The Labute approximate surface area is 202 Å². The molecule has 0 amide bonds. The third kappa shape index (κ3) is 4.45. The van der Waals surface area contributed by atoms with Crippen LogP contribution in [0.4, 0.5) is 17.5 Å². The van der Waals surface area contributed by atoms with Crippen molar-refractivity contribution in [1.82, 2.24) is 15.0 Å². The van der Waals surface area contributed by atoms with Crippen molar-refractivity contribution >= 4 is 28.4 Å². The van der Waals surface area contributed by atoms with Crippen molar-refractivity contribution in [3.8, 4) is 11.3 Å². The summed E-state index contributed by atoms with van der Waals surface area (Å²) >= 11 is 0. The van der Waals surface area contributed by atoms with Crippen LogP contribution in [0, 0.1) is 26.7 Å². The van der Waals surface area contributed by atoms with Crippen LogP contribution in [0.1, 0.15) is 23.5 Å². The first-order chi connectivity index (χ1) is 16.8. The fourth-order valence-corrected chi connectivity index (χ4v) is 4.79. The van der Waals surface area contributed by atoms with E-state index in [9.17, 15) is 15.3 Å². The molecule has 0 bridgehead atoms. The number of benzene rings is 1. The molecule has 4 aromatic rings. The number of pyridine rings is 1. The maximum absolute atomic E-state index is 10.6. The first-order valence-corrected chi connectivity index (χ1v) is 11.7. The van der Waals surface area contributed by atoms with Crippen molar-refractivity contribution in [3.63, 3.8) is 0 Å². The second kappa shape index (κ2) is 9.26. The molecule has 3 aromatic heterocycles. The van der Waals surface area contributed by atoms with Crippen LogP contribution in [-0.4, -0.2) is 55.1 Å². The predicted molar refractivity (Wildman–Crippen MR) is 134 cm³/mol. The van der Waals surface area contributed by atoms with E-state index >= 15 is 0 Å². The van der Waals surface area contributed by atoms with Crippen LogP contribution >= 0.6 is 0 Å². The lowest BCUT2D eigenvalue weighted by molar-refractivity contribution is 0.00446. The van der Waals surface area contributed by atoms with Gasteiger partial charge in [-0.15, -0.1) is 0 Å². The highest BCUT2D eigenvalue weighted by Gasteiger charge is 2.41. The van der Waals surface area contributed by atoms with Gasteiger partial charge in [-0.25, -0.2) is 4.98 Å². The van der Waals surface area contributed by atoms with Crippen LogP contribution in [0.2, 0.25) is 0 Å². The summed E-state index contributed by atoms with van der Waals surface area (Å²) in [4.78, 5) is 13.9. The Bertz CT molecular complexity index is 1360. The van der Waals surface area contributed by atoms with Gasteiger partial charge < -0.3 is 30.4 Å². The molecule has 5 N–H and O–H groups in total. The van der Waals surface area contributed by atoms with Crippen LogP contribution < -0.4 is 10.6 Å². The zero-order valence-electron chi connectivity index (χ0n) is 19.9. The number of nitrogens with zero attached hydrogens (tertiary/aromatic N) is 3. The number of anilines is 3. The highest BCUT2D eigenvalue weighted by atomic mass is 16.3. The number of hydrogen-bond acceptors (Lipinski definition) is 9. The predicted octanol–water partition coefficient (Wildman–Crippen LogP) is 3.47. The van der Waals surface area contributed by atoms with Crippen LogP contribution in [0.5, 0.6) is 0 Å².